The van der Waals surface area contributed by atoms with E-state index < -0.39 is 0 Å². The quantitative estimate of drug-likeness (QED) is 0.514. The van der Waals surface area contributed by atoms with Gasteiger partial charge in [0.25, 0.3) is 0 Å². The molecule has 0 saturated carbocycles. The van der Waals surface area contributed by atoms with Crippen molar-refractivity contribution in [2.75, 3.05) is 34.7 Å². The molecule has 2 rings (SSSR count). The van der Waals surface area contributed by atoms with Crippen LogP contribution in [0.2, 0.25) is 0 Å². The summed E-state index contributed by atoms with van der Waals surface area (Å²) in [5, 5.41) is 2.87. The maximum absolute atomic E-state index is 12.0. The summed E-state index contributed by atoms with van der Waals surface area (Å²) in [6, 6.07) is 13.1. The highest BCUT2D eigenvalue weighted by atomic mass is 16.7. The van der Waals surface area contributed by atoms with E-state index in [0.29, 0.717) is 30.2 Å². The van der Waals surface area contributed by atoms with Crippen molar-refractivity contribution < 1.29 is 23.7 Å². The Kier molecular flexibility index (Phi) is 8.19. The van der Waals surface area contributed by atoms with Crippen LogP contribution in [0.5, 0.6) is 17.2 Å². The fraction of sp³-hybridized carbons (Fsp3) is 0.286. The van der Waals surface area contributed by atoms with Gasteiger partial charge >= 0.3 is 0 Å². The molecule has 0 saturated heterocycles. The lowest BCUT2D eigenvalue weighted by Crippen LogP contribution is -2.23. The smallest absolute Gasteiger partial charge is 0.244 e. The zero-order chi connectivity index (χ0) is 19.5. The number of ether oxygens (including phenoxy) is 4. The molecule has 0 atom stereocenters. The van der Waals surface area contributed by atoms with Gasteiger partial charge in [0.05, 0.1) is 14.2 Å². The van der Waals surface area contributed by atoms with Gasteiger partial charge in [0.15, 0.2) is 18.3 Å². The van der Waals surface area contributed by atoms with Crippen LogP contribution in [-0.4, -0.2) is 40.6 Å². The number of rotatable bonds is 10. The average molecular weight is 371 g/mol. The normalized spacial score (nSPS) is 10.6. The monoisotopic (exact) mass is 371 g/mol. The van der Waals surface area contributed by atoms with Gasteiger partial charge in [-0.15, -0.1) is 0 Å². The first kappa shape index (κ1) is 20.3. The fourth-order valence-corrected chi connectivity index (χ4v) is 2.40. The second-order valence-electron chi connectivity index (χ2n) is 5.68. The summed E-state index contributed by atoms with van der Waals surface area (Å²) in [6.45, 7) is 0.736. The number of carbonyl (C=O) groups excluding carboxylic acids is 1. The third kappa shape index (κ3) is 6.67. The molecule has 0 radical (unpaired) electrons. The molecule has 2 aromatic rings. The van der Waals surface area contributed by atoms with E-state index in [1.807, 2.05) is 42.5 Å². The summed E-state index contributed by atoms with van der Waals surface area (Å²) >= 11 is 0. The zero-order valence-electron chi connectivity index (χ0n) is 15.9. The molecule has 0 aliphatic carbocycles. The largest absolute Gasteiger partial charge is 0.493 e. The zero-order valence-corrected chi connectivity index (χ0v) is 15.9. The van der Waals surface area contributed by atoms with Crippen LogP contribution in [0.1, 0.15) is 11.1 Å². The minimum absolute atomic E-state index is 0.143. The molecule has 1 N–H and O–H groups in total. The summed E-state index contributed by atoms with van der Waals surface area (Å²) in [4.78, 5) is 12.0. The van der Waals surface area contributed by atoms with E-state index in [0.717, 1.165) is 11.1 Å². The van der Waals surface area contributed by atoms with Crippen molar-refractivity contribution in [1.82, 2.24) is 5.32 Å². The number of hydrogen-bond acceptors (Lipinski definition) is 5. The Morgan fingerprint density at radius 1 is 1.00 bits per heavy atom. The number of methoxy groups -OCH3 is 3. The van der Waals surface area contributed by atoms with Crippen molar-refractivity contribution in [3.8, 4) is 17.2 Å². The van der Waals surface area contributed by atoms with Crippen LogP contribution in [0, 0.1) is 0 Å². The van der Waals surface area contributed by atoms with Crippen LogP contribution in [0.15, 0.2) is 48.5 Å². The summed E-state index contributed by atoms with van der Waals surface area (Å²) in [7, 11) is 4.77. The average Bonchev–Trinajstić information content (AvgIpc) is 2.71. The lowest BCUT2D eigenvalue weighted by molar-refractivity contribution is -0.116. The Labute approximate surface area is 159 Å². The molecule has 27 heavy (non-hydrogen) atoms. The number of hydrogen-bond donors (Lipinski definition) is 1. The van der Waals surface area contributed by atoms with Crippen molar-refractivity contribution in [3.63, 3.8) is 0 Å². The van der Waals surface area contributed by atoms with Gasteiger partial charge in [-0.3, -0.25) is 4.79 Å². The summed E-state index contributed by atoms with van der Waals surface area (Å²) in [5.41, 5.74) is 1.97. The van der Waals surface area contributed by atoms with Crippen molar-refractivity contribution in [2.24, 2.45) is 0 Å². The first-order valence-electron chi connectivity index (χ1n) is 8.55. The van der Waals surface area contributed by atoms with Gasteiger partial charge in [-0.05, 0) is 47.9 Å². The minimum Gasteiger partial charge on any atom is -0.493 e. The predicted octanol–water partition coefficient (Wildman–Crippen LogP) is 3.06. The van der Waals surface area contributed by atoms with E-state index in [4.69, 9.17) is 18.9 Å². The van der Waals surface area contributed by atoms with E-state index in [2.05, 4.69) is 5.32 Å². The molecule has 0 unspecified atom stereocenters. The van der Waals surface area contributed by atoms with E-state index in [1.165, 1.54) is 6.08 Å². The third-order valence-electron chi connectivity index (χ3n) is 3.81. The predicted molar refractivity (Wildman–Crippen MR) is 104 cm³/mol. The Bertz CT molecular complexity index is 756. The molecule has 6 heteroatoms. The Hall–Kier alpha value is -2.99. The summed E-state index contributed by atoms with van der Waals surface area (Å²) in [5.74, 6) is 1.94. The van der Waals surface area contributed by atoms with Gasteiger partial charge < -0.3 is 24.3 Å². The summed E-state index contributed by atoms with van der Waals surface area (Å²) in [6.07, 6.45) is 3.97. The van der Waals surface area contributed by atoms with Crippen LogP contribution in [0.3, 0.4) is 0 Å². The van der Waals surface area contributed by atoms with E-state index in [-0.39, 0.29) is 12.7 Å². The van der Waals surface area contributed by atoms with Gasteiger partial charge in [-0.25, -0.2) is 0 Å². The van der Waals surface area contributed by atoms with Crippen LogP contribution < -0.4 is 19.5 Å². The van der Waals surface area contributed by atoms with E-state index in [9.17, 15) is 4.79 Å². The highest BCUT2D eigenvalue weighted by Gasteiger charge is 2.04. The topological polar surface area (TPSA) is 66.0 Å². The molecule has 0 bridgehead atoms. The van der Waals surface area contributed by atoms with Crippen molar-refractivity contribution >= 4 is 12.0 Å². The highest BCUT2D eigenvalue weighted by Crippen LogP contribution is 2.27. The molecule has 144 valence electrons. The lowest BCUT2D eigenvalue weighted by atomic mass is 10.1. The molecule has 2 aromatic carbocycles. The van der Waals surface area contributed by atoms with Crippen molar-refractivity contribution in [2.45, 2.75) is 6.42 Å². The first-order valence-corrected chi connectivity index (χ1v) is 8.55. The maximum atomic E-state index is 12.0. The third-order valence-corrected chi connectivity index (χ3v) is 3.81. The fourth-order valence-electron chi connectivity index (χ4n) is 2.40. The first-order chi connectivity index (χ1) is 13.2. The highest BCUT2D eigenvalue weighted by molar-refractivity contribution is 5.91. The number of nitrogens with one attached hydrogen (secondary N) is 1. The summed E-state index contributed by atoms with van der Waals surface area (Å²) < 4.78 is 20.7. The van der Waals surface area contributed by atoms with E-state index >= 15 is 0 Å². The standard InChI is InChI=1S/C21H25NO5/c1-24-15-27-18-8-4-16(5-9-18)7-11-21(23)22-13-12-17-6-10-19(25-2)20(14-17)26-3/h4-11,14H,12-13,15H2,1-3H3,(H,22,23)/b11-7+. The van der Waals surface area contributed by atoms with Crippen LogP contribution >= 0.6 is 0 Å². The molecule has 0 aliphatic heterocycles. The van der Waals surface area contributed by atoms with Crippen LogP contribution in [0.25, 0.3) is 6.08 Å². The van der Waals surface area contributed by atoms with Gasteiger partial charge in [0.2, 0.25) is 5.91 Å². The second kappa shape index (κ2) is 10.9. The molecule has 0 heterocycles. The molecule has 1 amide bonds. The Balaban J connectivity index is 1.79. The van der Waals surface area contributed by atoms with Crippen LogP contribution in [0.4, 0.5) is 0 Å². The molecule has 0 fully saturated rings. The minimum atomic E-state index is -0.143. The van der Waals surface area contributed by atoms with Gasteiger partial charge in [-0.2, -0.15) is 0 Å². The second-order valence-corrected chi connectivity index (χ2v) is 5.68. The SMILES string of the molecule is COCOc1ccc(/C=C/C(=O)NCCc2ccc(OC)c(OC)c2)cc1. The van der Waals surface area contributed by atoms with E-state index in [1.54, 1.807) is 27.4 Å². The maximum Gasteiger partial charge on any atom is 0.244 e. The molecule has 0 spiro atoms. The molecule has 6 nitrogen and oxygen atoms in total. The molecule has 0 aliphatic rings. The number of carbonyl (C=O) groups is 1. The number of amides is 1. The van der Waals surface area contributed by atoms with Crippen molar-refractivity contribution in [3.05, 3.63) is 59.7 Å². The molecule has 0 aromatic heterocycles. The number of benzene rings is 2. The van der Waals surface area contributed by atoms with Gasteiger partial charge in [0, 0.05) is 19.7 Å². The Morgan fingerprint density at radius 2 is 1.74 bits per heavy atom. The lowest BCUT2D eigenvalue weighted by Gasteiger charge is -2.09. The molecular weight excluding hydrogens is 346 g/mol. The Morgan fingerprint density at radius 3 is 2.41 bits per heavy atom. The van der Waals surface area contributed by atoms with Gasteiger partial charge in [0.1, 0.15) is 5.75 Å². The molecular formula is C21H25NO5. The van der Waals surface area contributed by atoms with Crippen molar-refractivity contribution in [1.29, 1.82) is 0 Å². The van der Waals surface area contributed by atoms with Crippen LogP contribution in [-0.2, 0) is 16.0 Å². The van der Waals surface area contributed by atoms with Gasteiger partial charge in [-0.1, -0.05) is 18.2 Å².